The summed E-state index contributed by atoms with van der Waals surface area (Å²) in [6.45, 7) is 4.19. The molecule has 1 aliphatic carbocycles. The normalized spacial score (nSPS) is 17.2. The van der Waals surface area contributed by atoms with Crippen molar-refractivity contribution in [1.82, 2.24) is 9.55 Å². The Kier molecular flexibility index (Phi) is 5.14. The molecule has 1 amide bonds. The van der Waals surface area contributed by atoms with Gasteiger partial charge in [-0.25, -0.2) is 4.98 Å². The lowest BCUT2D eigenvalue weighted by atomic mass is 9.89. The monoisotopic (exact) mass is 385 g/mol. The molecule has 0 bridgehead atoms. The van der Waals surface area contributed by atoms with E-state index in [1.807, 2.05) is 0 Å². The van der Waals surface area contributed by atoms with Crippen LogP contribution in [0, 0.1) is 19.8 Å². The first kappa shape index (κ1) is 18.9. The van der Waals surface area contributed by atoms with Crippen LogP contribution in [0.3, 0.4) is 0 Å². The van der Waals surface area contributed by atoms with Gasteiger partial charge in [-0.3, -0.25) is 10.1 Å². The van der Waals surface area contributed by atoms with Crippen LogP contribution < -0.4 is 5.32 Å². The predicted octanol–water partition coefficient (Wildman–Crippen LogP) is 4.89. The molecule has 26 heavy (non-hydrogen) atoms. The van der Waals surface area contributed by atoms with Crippen molar-refractivity contribution in [2.45, 2.75) is 59.2 Å². The van der Waals surface area contributed by atoms with Crippen molar-refractivity contribution in [3.05, 3.63) is 33.6 Å². The van der Waals surface area contributed by atoms with Crippen molar-refractivity contribution < 1.29 is 18.0 Å². The van der Waals surface area contributed by atoms with Gasteiger partial charge in [-0.05, 0) is 45.1 Å². The van der Waals surface area contributed by atoms with Crippen LogP contribution in [0.25, 0.3) is 0 Å². The number of hydrogen-bond donors (Lipinski definition) is 1. The third-order valence-corrected chi connectivity index (χ3v) is 6.03. The molecule has 0 aromatic carbocycles. The van der Waals surface area contributed by atoms with E-state index in [0.29, 0.717) is 22.4 Å². The Labute approximate surface area is 154 Å². The van der Waals surface area contributed by atoms with E-state index in [-0.39, 0.29) is 5.56 Å². The largest absolute Gasteiger partial charge is 0.406 e. The van der Waals surface area contributed by atoms with Crippen LogP contribution in [0.15, 0.2) is 6.07 Å². The lowest BCUT2D eigenvalue weighted by molar-refractivity contribution is -0.141. The van der Waals surface area contributed by atoms with Gasteiger partial charge in [0.05, 0.1) is 11.3 Å². The van der Waals surface area contributed by atoms with Crippen molar-refractivity contribution in [3.63, 3.8) is 0 Å². The lowest BCUT2D eigenvalue weighted by Gasteiger charge is -2.18. The Hall–Kier alpha value is -1.83. The van der Waals surface area contributed by atoms with Gasteiger partial charge in [-0.1, -0.05) is 13.3 Å². The molecule has 0 spiro atoms. The molecule has 1 N–H and O–H groups in total. The molecule has 2 heterocycles. The average Bonchev–Trinajstić information content (AvgIpc) is 3.07. The van der Waals surface area contributed by atoms with E-state index in [1.165, 1.54) is 29.2 Å². The zero-order chi connectivity index (χ0) is 19.1. The van der Waals surface area contributed by atoms with E-state index >= 15 is 0 Å². The number of nitrogens with zero attached hydrogens (tertiary/aromatic N) is 2. The van der Waals surface area contributed by atoms with E-state index in [9.17, 15) is 18.0 Å². The number of aryl methyl sites for hydroxylation is 2. The Morgan fingerprint density at radius 2 is 2.15 bits per heavy atom. The summed E-state index contributed by atoms with van der Waals surface area (Å²) in [6, 6.07) is 1.50. The Morgan fingerprint density at radius 1 is 1.42 bits per heavy atom. The van der Waals surface area contributed by atoms with Gasteiger partial charge in [0.25, 0.3) is 5.91 Å². The summed E-state index contributed by atoms with van der Waals surface area (Å²) >= 11 is 1.47. The van der Waals surface area contributed by atoms with E-state index in [0.717, 1.165) is 35.9 Å². The van der Waals surface area contributed by atoms with Gasteiger partial charge in [-0.2, -0.15) is 13.2 Å². The number of carbonyl (C=O) groups excluding carboxylic acids is 1. The summed E-state index contributed by atoms with van der Waals surface area (Å²) in [6.07, 6.45) is -0.185. The lowest BCUT2D eigenvalue weighted by Crippen LogP contribution is -2.20. The minimum atomic E-state index is -4.33. The molecule has 4 nitrogen and oxygen atoms in total. The predicted molar refractivity (Wildman–Crippen MR) is 95.8 cm³/mol. The third kappa shape index (κ3) is 3.95. The number of anilines is 1. The summed E-state index contributed by atoms with van der Waals surface area (Å²) in [5.74, 6) is 0.248. The third-order valence-electron chi connectivity index (χ3n) is 5.00. The van der Waals surface area contributed by atoms with Gasteiger partial charge in [0.15, 0.2) is 5.13 Å². The van der Waals surface area contributed by atoms with Gasteiger partial charge in [0.2, 0.25) is 0 Å². The minimum absolute atomic E-state index is 0.256. The quantitative estimate of drug-likeness (QED) is 0.814. The number of carbonyl (C=O) groups is 1. The molecule has 1 atom stereocenters. The SMILES string of the molecule is CC[C@@H]1CCc2nc(NC(=O)c3cc(C)n(CC(F)(F)F)c3C)sc2C1. The van der Waals surface area contributed by atoms with Crippen molar-refractivity contribution >= 4 is 22.4 Å². The fraction of sp³-hybridized carbons (Fsp3) is 0.556. The van der Waals surface area contributed by atoms with Gasteiger partial charge in [0, 0.05) is 16.3 Å². The second-order valence-electron chi connectivity index (χ2n) is 6.85. The number of fused-ring (bicyclic) bond motifs is 1. The molecule has 2 aromatic rings. The molecular formula is C18H22F3N3OS. The van der Waals surface area contributed by atoms with Crippen molar-refractivity contribution in [2.24, 2.45) is 5.92 Å². The summed E-state index contributed by atoms with van der Waals surface area (Å²) in [7, 11) is 0. The molecule has 0 fully saturated rings. The van der Waals surface area contributed by atoms with Gasteiger partial charge >= 0.3 is 6.18 Å². The molecule has 2 aromatic heterocycles. The van der Waals surface area contributed by atoms with E-state index < -0.39 is 18.6 Å². The molecule has 0 aliphatic heterocycles. The van der Waals surface area contributed by atoms with Crippen LogP contribution in [-0.2, 0) is 19.4 Å². The first-order chi connectivity index (χ1) is 12.2. The molecule has 0 radical (unpaired) electrons. The fourth-order valence-corrected chi connectivity index (χ4v) is 4.58. The Morgan fingerprint density at radius 3 is 2.81 bits per heavy atom. The highest BCUT2D eigenvalue weighted by atomic mass is 32.1. The maximum atomic E-state index is 12.7. The summed E-state index contributed by atoms with van der Waals surface area (Å²) in [4.78, 5) is 18.3. The van der Waals surface area contributed by atoms with Crippen LogP contribution in [0.4, 0.5) is 18.3 Å². The number of aromatic nitrogens is 2. The molecule has 3 rings (SSSR count). The standard InChI is InChI=1S/C18H22F3N3OS/c1-4-12-5-6-14-15(8-12)26-17(22-14)23-16(25)13-7-10(2)24(11(13)3)9-18(19,20)21/h7,12H,4-6,8-9H2,1-3H3,(H,22,23,25)/t12-/m1/s1. The maximum absolute atomic E-state index is 12.7. The number of amides is 1. The summed E-state index contributed by atoms with van der Waals surface area (Å²) < 4.78 is 39.3. The van der Waals surface area contributed by atoms with Gasteiger partial charge < -0.3 is 4.57 Å². The summed E-state index contributed by atoms with van der Waals surface area (Å²) in [5, 5.41) is 3.29. The first-order valence-corrected chi connectivity index (χ1v) is 9.53. The zero-order valence-electron chi connectivity index (χ0n) is 15.0. The van der Waals surface area contributed by atoms with Crippen molar-refractivity contribution in [3.8, 4) is 0 Å². The van der Waals surface area contributed by atoms with Gasteiger partial charge in [-0.15, -0.1) is 11.3 Å². The van der Waals surface area contributed by atoms with Gasteiger partial charge in [0.1, 0.15) is 6.54 Å². The van der Waals surface area contributed by atoms with Crippen LogP contribution in [0.1, 0.15) is 52.1 Å². The number of rotatable bonds is 4. The minimum Gasteiger partial charge on any atom is -0.339 e. The number of hydrogen-bond acceptors (Lipinski definition) is 3. The smallest absolute Gasteiger partial charge is 0.339 e. The molecule has 0 saturated heterocycles. The molecular weight excluding hydrogens is 363 g/mol. The topological polar surface area (TPSA) is 46.9 Å². The van der Waals surface area contributed by atoms with Crippen LogP contribution in [-0.4, -0.2) is 21.6 Å². The molecule has 0 saturated carbocycles. The Balaban J connectivity index is 1.77. The van der Waals surface area contributed by atoms with E-state index in [1.54, 1.807) is 6.92 Å². The first-order valence-electron chi connectivity index (χ1n) is 8.71. The number of thiazole rings is 1. The molecule has 0 unspecified atom stereocenters. The number of nitrogens with one attached hydrogen (secondary N) is 1. The highest BCUT2D eigenvalue weighted by Crippen LogP contribution is 2.34. The van der Waals surface area contributed by atoms with Crippen LogP contribution in [0.5, 0.6) is 0 Å². The molecule has 8 heteroatoms. The maximum Gasteiger partial charge on any atom is 0.406 e. The van der Waals surface area contributed by atoms with Crippen molar-refractivity contribution in [1.29, 1.82) is 0 Å². The van der Waals surface area contributed by atoms with Crippen molar-refractivity contribution in [2.75, 3.05) is 5.32 Å². The molecule has 1 aliphatic rings. The fourth-order valence-electron chi connectivity index (χ4n) is 3.46. The zero-order valence-corrected chi connectivity index (χ0v) is 15.9. The molecule has 142 valence electrons. The second-order valence-corrected chi connectivity index (χ2v) is 7.93. The second kappa shape index (κ2) is 7.06. The van der Waals surface area contributed by atoms with E-state index in [2.05, 4.69) is 17.2 Å². The average molecular weight is 385 g/mol. The highest BCUT2D eigenvalue weighted by molar-refractivity contribution is 7.15. The van der Waals surface area contributed by atoms with E-state index in [4.69, 9.17) is 0 Å². The van der Waals surface area contributed by atoms with Crippen LogP contribution in [0.2, 0.25) is 0 Å². The Bertz CT molecular complexity index is 822. The van der Waals surface area contributed by atoms with Crippen LogP contribution >= 0.6 is 11.3 Å². The summed E-state index contributed by atoms with van der Waals surface area (Å²) in [5.41, 5.74) is 2.02. The number of halogens is 3. The number of alkyl halides is 3. The highest BCUT2D eigenvalue weighted by Gasteiger charge is 2.30.